The molecule has 4 heterocycles. The van der Waals surface area contributed by atoms with E-state index in [1.54, 1.807) is 23.7 Å². The van der Waals surface area contributed by atoms with Gasteiger partial charge in [-0.3, -0.25) is 4.79 Å². The Labute approximate surface area is 239 Å². The molecule has 5 aromatic rings. The minimum Gasteiger partial charge on any atom is -0.372 e. The van der Waals surface area contributed by atoms with Crippen LogP contribution in [0.2, 0.25) is 0 Å². The molecule has 0 radical (unpaired) electrons. The van der Waals surface area contributed by atoms with Crippen LogP contribution in [0, 0.1) is 13.8 Å². The van der Waals surface area contributed by atoms with Crippen LogP contribution in [0.3, 0.4) is 0 Å². The molecule has 6 rings (SSSR count). The molecule has 3 aromatic heterocycles. The number of aromatic nitrogens is 2. The van der Waals surface area contributed by atoms with Gasteiger partial charge in [-0.2, -0.15) is 0 Å². The molecule has 9 heteroatoms. The quantitative estimate of drug-likeness (QED) is 0.280. The number of aryl methyl sites for hydroxylation is 1. The number of likely N-dealkylation sites (N-methyl/N-ethyl adjacent to an activating group) is 1. The summed E-state index contributed by atoms with van der Waals surface area (Å²) in [6, 6.07) is 18.1. The van der Waals surface area contributed by atoms with E-state index in [1.165, 1.54) is 25.5 Å². The lowest BCUT2D eigenvalue weighted by Gasteiger charge is -2.25. The zero-order valence-corrected chi connectivity index (χ0v) is 24.4. The maximum absolute atomic E-state index is 13.6. The van der Waals surface area contributed by atoms with Gasteiger partial charge < -0.3 is 10.6 Å². The van der Waals surface area contributed by atoms with Gasteiger partial charge >= 0.3 is 0 Å². The van der Waals surface area contributed by atoms with Crippen molar-refractivity contribution in [1.82, 2.24) is 13.9 Å². The van der Waals surface area contributed by atoms with E-state index in [1.807, 2.05) is 30.3 Å². The van der Waals surface area contributed by atoms with Gasteiger partial charge in [-0.15, -0.1) is 11.3 Å². The average molecular weight is 573 g/mol. The highest BCUT2D eigenvalue weighted by Crippen LogP contribution is 2.38. The number of fused-ring (bicyclic) bond motifs is 2. The highest BCUT2D eigenvalue weighted by Gasteiger charge is 2.23. The third-order valence-corrected chi connectivity index (χ3v) is 10.0. The Hall–Kier alpha value is -3.79. The van der Waals surface area contributed by atoms with E-state index in [0.717, 1.165) is 52.7 Å². The average Bonchev–Trinajstić information content (AvgIpc) is 3.48. The zero-order valence-electron chi connectivity index (χ0n) is 22.8. The molecule has 2 N–H and O–H groups in total. The Bertz CT molecular complexity index is 1790. The van der Waals surface area contributed by atoms with Gasteiger partial charge in [-0.25, -0.2) is 17.4 Å². The van der Waals surface area contributed by atoms with Crippen LogP contribution in [0.1, 0.15) is 27.1 Å². The Morgan fingerprint density at radius 1 is 1.02 bits per heavy atom. The summed E-state index contributed by atoms with van der Waals surface area (Å²) in [4.78, 5) is 16.9. The first kappa shape index (κ1) is 27.8. The minimum absolute atomic E-state index is 0.0829. The van der Waals surface area contributed by atoms with E-state index in [9.17, 15) is 8.42 Å². The van der Waals surface area contributed by atoms with Gasteiger partial charge in [-0.05, 0) is 78.2 Å². The summed E-state index contributed by atoms with van der Waals surface area (Å²) in [7, 11) is -1.52. The first-order chi connectivity index (χ1) is 19.2. The van der Waals surface area contributed by atoms with Crippen molar-refractivity contribution in [2.45, 2.75) is 32.6 Å². The third kappa shape index (κ3) is 5.45. The van der Waals surface area contributed by atoms with E-state index in [0.29, 0.717) is 5.65 Å². The number of hydrogen-bond donors (Lipinski definition) is 1. The Morgan fingerprint density at radius 3 is 2.48 bits per heavy atom. The predicted molar refractivity (Wildman–Crippen MR) is 163 cm³/mol. The molecule has 0 atom stereocenters. The highest BCUT2D eigenvalue weighted by atomic mass is 32.2. The standard InChI is InChI=1S/C30H29N3O2S2.CH3NO/c1-20-21(2)36-18-29(20)28-17-33(37(34,35)19-22-7-5-4-6-8-22)30-27(28)14-25(15-31-30)24-10-9-23-11-12-32(3)16-26(23)13-24;2-1-3/h4-10,13-15,17-18H,11-12,16,19H2,1-3H3;1H,(H2,2,3). The van der Waals surface area contributed by atoms with Gasteiger partial charge in [0.25, 0.3) is 0 Å². The fourth-order valence-electron chi connectivity index (χ4n) is 5.18. The lowest BCUT2D eigenvalue weighted by atomic mass is 9.95. The third-order valence-electron chi connectivity index (χ3n) is 7.42. The summed E-state index contributed by atoms with van der Waals surface area (Å²) >= 11 is 1.69. The largest absolute Gasteiger partial charge is 0.372 e. The second-order valence-electron chi connectivity index (χ2n) is 10.1. The fraction of sp³-hybridized carbons (Fsp3) is 0.226. The summed E-state index contributed by atoms with van der Waals surface area (Å²) in [5, 5.41) is 2.97. The van der Waals surface area contributed by atoms with Gasteiger partial charge in [0.05, 0.1) is 5.75 Å². The summed E-state index contributed by atoms with van der Waals surface area (Å²) in [5.74, 6) is -0.0829. The Kier molecular flexibility index (Phi) is 7.89. The number of benzene rings is 2. The molecule has 0 aliphatic carbocycles. The summed E-state index contributed by atoms with van der Waals surface area (Å²) in [5.41, 5.74) is 13.4. The molecule has 7 nitrogen and oxygen atoms in total. The van der Waals surface area contributed by atoms with Gasteiger partial charge in [0, 0.05) is 46.9 Å². The number of rotatable bonds is 5. The minimum atomic E-state index is -3.68. The highest BCUT2D eigenvalue weighted by molar-refractivity contribution is 7.89. The topological polar surface area (TPSA) is 98.3 Å². The molecule has 0 spiro atoms. The first-order valence-electron chi connectivity index (χ1n) is 13.0. The lowest BCUT2D eigenvalue weighted by Crippen LogP contribution is -2.26. The normalized spacial score (nSPS) is 13.5. The molecule has 0 saturated carbocycles. The van der Waals surface area contributed by atoms with E-state index >= 15 is 0 Å². The molecule has 40 heavy (non-hydrogen) atoms. The smallest absolute Gasteiger partial charge is 0.244 e. The summed E-state index contributed by atoms with van der Waals surface area (Å²) in [6.45, 7) is 6.21. The monoisotopic (exact) mass is 572 g/mol. The maximum atomic E-state index is 13.6. The molecule has 0 saturated heterocycles. The number of hydrogen-bond acceptors (Lipinski definition) is 6. The van der Waals surface area contributed by atoms with Crippen molar-refractivity contribution in [3.8, 4) is 22.3 Å². The molecule has 0 unspecified atom stereocenters. The number of nitrogens with zero attached hydrogens (tertiary/aromatic N) is 3. The number of carbonyl (C=O) groups is 1. The van der Waals surface area contributed by atoms with Crippen LogP contribution in [0.25, 0.3) is 33.3 Å². The number of carbonyl (C=O) groups excluding carboxylic acids is 1. The lowest BCUT2D eigenvalue weighted by molar-refractivity contribution is -0.106. The Morgan fingerprint density at radius 2 is 1.77 bits per heavy atom. The zero-order chi connectivity index (χ0) is 28.4. The van der Waals surface area contributed by atoms with Gasteiger partial charge in [0.1, 0.15) is 0 Å². The summed E-state index contributed by atoms with van der Waals surface area (Å²) in [6.07, 6.45) is 4.88. The number of thiophene rings is 1. The molecular weight excluding hydrogens is 541 g/mol. The molecule has 1 amide bonds. The van der Waals surface area contributed by atoms with Crippen molar-refractivity contribution in [1.29, 1.82) is 0 Å². The van der Waals surface area contributed by atoms with Crippen molar-refractivity contribution in [2.75, 3.05) is 13.6 Å². The van der Waals surface area contributed by atoms with Gasteiger partial charge in [0.15, 0.2) is 5.65 Å². The number of primary amides is 1. The number of nitrogens with two attached hydrogens (primary N) is 1. The SMILES string of the molecule is Cc1scc(-c2cn(S(=O)(=O)Cc3ccccc3)c3ncc(-c4ccc5c(c4)CN(C)CC5)cc23)c1C.NC=O. The van der Waals surface area contributed by atoms with E-state index in [-0.39, 0.29) is 12.2 Å². The van der Waals surface area contributed by atoms with E-state index in [2.05, 4.69) is 61.2 Å². The molecular formula is C31H32N4O3S2. The van der Waals surface area contributed by atoms with Gasteiger partial charge in [-0.1, -0.05) is 42.5 Å². The molecule has 1 aliphatic rings. The number of amides is 1. The van der Waals surface area contributed by atoms with Crippen LogP contribution in [0.15, 0.2) is 72.4 Å². The van der Waals surface area contributed by atoms with E-state index in [4.69, 9.17) is 9.78 Å². The van der Waals surface area contributed by atoms with Crippen molar-refractivity contribution in [3.05, 3.63) is 99.5 Å². The predicted octanol–water partition coefficient (Wildman–Crippen LogP) is 5.52. The van der Waals surface area contributed by atoms with Crippen molar-refractivity contribution >= 4 is 38.8 Å². The van der Waals surface area contributed by atoms with Gasteiger partial charge in [0.2, 0.25) is 16.4 Å². The van der Waals surface area contributed by atoms with Crippen molar-refractivity contribution < 1.29 is 13.2 Å². The molecule has 0 fully saturated rings. The molecule has 0 bridgehead atoms. The second kappa shape index (κ2) is 11.4. The molecule has 1 aliphatic heterocycles. The van der Waals surface area contributed by atoms with Crippen LogP contribution in [0.5, 0.6) is 0 Å². The van der Waals surface area contributed by atoms with Crippen LogP contribution in [0.4, 0.5) is 0 Å². The van der Waals surface area contributed by atoms with Crippen molar-refractivity contribution in [3.63, 3.8) is 0 Å². The Balaban J connectivity index is 0.00000103. The molecule has 2 aromatic carbocycles. The number of pyridine rings is 1. The maximum Gasteiger partial charge on any atom is 0.244 e. The fourth-order valence-corrected chi connectivity index (χ4v) is 7.49. The summed E-state index contributed by atoms with van der Waals surface area (Å²) < 4.78 is 28.6. The first-order valence-corrected chi connectivity index (χ1v) is 15.5. The second-order valence-corrected chi connectivity index (χ2v) is 13.0. The van der Waals surface area contributed by atoms with Crippen LogP contribution < -0.4 is 5.73 Å². The van der Waals surface area contributed by atoms with Crippen LogP contribution in [-0.2, 0) is 33.5 Å². The van der Waals surface area contributed by atoms with Crippen LogP contribution >= 0.6 is 11.3 Å². The van der Waals surface area contributed by atoms with Crippen molar-refractivity contribution in [2.24, 2.45) is 5.73 Å². The van der Waals surface area contributed by atoms with Crippen LogP contribution in [-0.4, -0.2) is 42.3 Å². The van der Waals surface area contributed by atoms with E-state index < -0.39 is 10.0 Å². The molecule has 206 valence electrons.